The average Bonchev–Trinajstić information content (AvgIpc) is 2.90. The summed E-state index contributed by atoms with van der Waals surface area (Å²) in [6, 6.07) is 0.0428. The Morgan fingerprint density at radius 2 is 2.25 bits per heavy atom. The van der Waals surface area contributed by atoms with Gasteiger partial charge in [0.2, 0.25) is 0 Å². The van der Waals surface area contributed by atoms with E-state index in [0.717, 1.165) is 17.9 Å². The molecule has 0 spiro atoms. The predicted molar refractivity (Wildman–Crippen MR) is 81.3 cm³/mol. The van der Waals surface area contributed by atoms with Crippen LogP contribution in [0.1, 0.15) is 64.0 Å². The van der Waals surface area contributed by atoms with Crippen LogP contribution in [0.4, 0.5) is 0 Å². The molecule has 4 heteroatoms. The molecule has 2 N–H and O–H groups in total. The zero-order valence-corrected chi connectivity index (χ0v) is 13.1. The number of hydrogen-bond acceptors (Lipinski definition) is 3. The van der Waals surface area contributed by atoms with E-state index < -0.39 is 0 Å². The maximum Gasteiger partial charge on any atom is 0.101 e. The Labute approximate surface area is 122 Å². The number of aryl methyl sites for hydroxylation is 1. The van der Waals surface area contributed by atoms with Gasteiger partial charge >= 0.3 is 0 Å². The van der Waals surface area contributed by atoms with Crippen LogP contribution in [0.5, 0.6) is 0 Å². The van der Waals surface area contributed by atoms with Crippen molar-refractivity contribution in [2.75, 3.05) is 0 Å². The summed E-state index contributed by atoms with van der Waals surface area (Å²) < 4.78 is 8.22. The van der Waals surface area contributed by atoms with E-state index in [4.69, 9.17) is 10.5 Å². The number of rotatable bonds is 6. The van der Waals surface area contributed by atoms with Crippen molar-refractivity contribution in [2.45, 2.75) is 70.6 Å². The summed E-state index contributed by atoms with van der Waals surface area (Å²) in [4.78, 5) is 0. The predicted octanol–water partition coefficient (Wildman–Crippen LogP) is 3.18. The lowest BCUT2D eigenvalue weighted by atomic mass is 9.85. The first-order valence-corrected chi connectivity index (χ1v) is 8.03. The lowest BCUT2D eigenvalue weighted by Gasteiger charge is -2.33. The maximum absolute atomic E-state index is 6.40. The van der Waals surface area contributed by atoms with E-state index in [2.05, 4.69) is 18.9 Å². The smallest absolute Gasteiger partial charge is 0.101 e. The molecule has 4 unspecified atom stereocenters. The monoisotopic (exact) mass is 279 g/mol. The highest BCUT2D eigenvalue weighted by molar-refractivity contribution is 5.11. The quantitative estimate of drug-likeness (QED) is 0.870. The third kappa shape index (κ3) is 3.83. The molecule has 1 aliphatic carbocycles. The minimum Gasteiger partial charge on any atom is -0.369 e. The molecule has 0 amide bonds. The molecule has 0 bridgehead atoms. The standard InChI is InChI=1S/C16H29N3O/c1-4-12-7-6-8-14(9-12)20-16(15(17)5-2)13-10-18-19(3)11-13/h10-12,14-16H,4-9,17H2,1-3H3. The molecule has 1 saturated carbocycles. The van der Waals surface area contributed by atoms with Gasteiger partial charge < -0.3 is 10.5 Å². The minimum absolute atomic E-state index is 0.0192. The highest BCUT2D eigenvalue weighted by atomic mass is 16.5. The highest BCUT2D eigenvalue weighted by Gasteiger charge is 2.28. The molecule has 2 rings (SSSR count). The summed E-state index contributed by atoms with van der Waals surface area (Å²) in [7, 11) is 1.94. The normalized spacial score (nSPS) is 26.4. The van der Waals surface area contributed by atoms with Crippen LogP contribution in [0.2, 0.25) is 0 Å². The number of ether oxygens (including phenoxy) is 1. The molecule has 114 valence electrons. The van der Waals surface area contributed by atoms with Gasteiger partial charge in [0.25, 0.3) is 0 Å². The van der Waals surface area contributed by atoms with E-state index in [9.17, 15) is 0 Å². The van der Waals surface area contributed by atoms with Crippen LogP contribution >= 0.6 is 0 Å². The van der Waals surface area contributed by atoms with E-state index in [-0.39, 0.29) is 12.1 Å². The Balaban J connectivity index is 2.04. The first-order chi connectivity index (χ1) is 9.63. The molecule has 1 aromatic rings. The van der Waals surface area contributed by atoms with E-state index in [1.165, 1.54) is 32.1 Å². The van der Waals surface area contributed by atoms with Crippen LogP contribution in [0, 0.1) is 5.92 Å². The molecule has 0 aliphatic heterocycles. The van der Waals surface area contributed by atoms with Crippen molar-refractivity contribution < 1.29 is 4.74 Å². The van der Waals surface area contributed by atoms with E-state index in [1.54, 1.807) is 0 Å². The zero-order valence-electron chi connectivity index (χ0n) is 13.1. The molecule has 0 saturated heterocycles. The van der Waals surface area contributed by atoms with E-state index in [0.29, 0.717) is 6.10 Å². The van der Waals surface area contributed by atoms with Crippen molar-refractivity contribution in [2.24, 2.45) is 18.7 Å². The van der Waals surface area contributed by atoms with Crippen molar-refractivity contribution in [3.05, 3.63) is 18.0 Å². The van der Waals surface area contributed by atoms with Crippen LogP contribution < -0.4 is 5.73 Å². The van der Waals surface area contributed by atoms with Crippen molar-refractivity contribution in [1.29, 1.82) is 0 Å². The summed E-state index contributed by atoms with van der Waals surface area (Å²) >= 11 is 0. The molecule has 1 heterocycles. The largest absolute Gasteiger partial charge is 0.369 e. The van der Waals surface area contributed by atoms with Gasteiger partial charge in [0.15, 0.2) is 0 Å². The number of nitrogens with two attached hydrogens (primary N) is 1. The maximum atomic E-state index is 6.40. The Kier molecular flexibility index (Phi) is 5.61. The van der Waals surface area contributed by atoms with E-state index >= 15 is 0 Å². The molecule has 0 radical (unpaired) electrons. The number of hydrogen-bond donors (Lipinski definition) is 1. The fraction of sp³-hybridized carbons (Fsp3) is 0.812. The van der Waals surface area contributed by atoms with E-state index in [1.807, 2.05) is 24.1 Å². The van der Waals surface area contributed by atoms with Gasteiger partial charge in [-0.15, -0.1) is 0 Å². The summed E-state index contributed by atoms with van der Waals surface area (Å²) in [5.41, 5.74) is 7.39. The van der Waals surface area contributed by atoms with Crippen molar-refractivity contribution in [1.82, 2.24) is 9.78 Å². The van der Waals surface area contributed by atoms with Crippen LogP contribution in [-0.2, 0) is 11.8 Å². The Morgan fingerprint density at radius 3 is 2.85 bits per heavy atom. The third-order valence-electron chi connectivity index (χ3n) is 4.56. The van der Waals surface area contributed by atoms with Gasteiger partial charge in [0, 0.05) is 24.8 Å². The lowest BCUT2D eigenvalue weighted by molar-refractivity contribution is -0.0536. The second-order valence-corrected chi connectivity index (χ2v) is 6.14. The molecule has 0 aromatic carbocycles. The molecule has 4 nitrogen and oxygen atoms in total. The van der Waals surface area contributed by atoms with Crippen LogP contribution in [0.3, 0.4) is 0 Å². The lowest BCUT2D eigenvalue weighted by Crippen LogP contribution is -2.34. The molecule has 1 aromatic heterocycles. The number of nitrogens with zero attached hydrogens (tertiary/aromatic N) is 2. The number of aromatic nitrogens is 2. The summed E-state index contributed by atoms with van der Waals surface area (Å²) in [6.45, 7) is 4.40. The second kappa shape index (κ2) is 7.23. The first-order valence-electron chi connectivity index (χ1n) is 8.03. The Bertz CT molecular complexity index is 404. The fourth-order valence-corrected chi connectivity index (χ4v) is 3.17. The Morgan fingerprint density at radius 1 is 1.45 bits per heavy atom. The van der Waals surface area contributed by atoms with Crippen LogP contribution in [-0.4, -0.2) is 21.9 Å². The first kappa shape index (κ1) is 15.5. The molecular weight excluding hydrogens is 250 g/mol. The topological polar surface area (TPSA) is 53.1 Å². The van der Waals surface area contributed by atoms with Gasteiger partial charge in [0.05, 0.1) is 12.3 Å². The third-order valence-corrected chi connectivity index (χ3v) is 4.56. The molecule has 20 heavy (non-hydrogen) atoms. The van der Waals surface area contributed by atoms with Gasteiger partial charge in [-0.1, -0.05) is 33.1 Å². The molecular formula is C16H29N3O. The van der Waals surface area contributed by atoms with Gasteiger partial charge in [-0.25, -0.2) is 0 Å². The van der Waals surface area contributed by atoms with Gasteiger partial charge in [-0.3, -0.25) is 4.68 Å². The summed E-state index contributed by atoms with van der Waals surface area (Å²) in [5.74, 6) is 0.821. The Hall–Kier alpha value is -0.870. The zero-order chi connectivity index (χ0) is 14.5. The summed E-state index contributed by atoms with van der Waals surface area (Å²) in [5, 5.41) is 4.26. The van der Waals surface area contributed by atoms with Gasteiger partial charge in [-0.2, -0.15) is 5.10 Å². The fourth-order valence-electron chi connectivity index (χ4n) is 3.17. The van der Waals surface area contributed by atoms with Gasteiger partial charge in [-0.05, 0) is 25.2 Å². The molecule has 1 fully saturated rings. The van der Waals surface area contributed by atoms with Crippen molar-refractivity contribution in [3.63, 3.8) is 0 Å². The van der Waals surface area contributed by atoms with Gasteiger partial charge in [0.1, 0.15) is 6.10 Å². The van der Waals surface area contributed by atoms with Crippen LogP contribution in [0.15, 0.2) is 12.4 Å². The second-order valence-electron chi connectivity index (χ2n) is 6.14. The average molecular weight is 279 g/mol. The van der Waals surface area contributed by atoms with Crippen LogP contribution in [0.25, 0.3) is 0 Å². The minimum atomic E-state index is -0.0192. The van der Waals surface area contributed by atoms with Crippen molar-refractivity contribution >= 4 is 0 Å². The summed E-state index contributed by atoms with van der Waals surface area (Å²) in [6.07, 6.45) is 11.4. The highest BCUT2D eigenvalue weighted by Crippen LogP contribution is 2.33. The molecule has 1 aliphatic rings. The van der Waals surface area contributed by atoms with Crippen molar-refractivity contribution in [3.8, 4) is 0 Å². The molecule has 4 atom stereocenters. The SMILES string of the molecule is CCC1CCCC(OC(c2cnn(C)c2)C(N)CC)C1.